The van der Waals surface area contributed by atoms with E-state index in [-0.39, 0.29) is 36.9 Å². The second-order valence-corrected chi connectivity index (χ2v) is 9.98. The average molecular weight is 505 g/mol. The van der Waals surface area contributed by atoms with E-state index >= 15 is 0 Å². The molecule has 1 aliphatic heterocycles. The van der Waals surface area contributed by atoms with E-state index in [0.29, 0.717) is 10.7 Å². The van der Waals surface area contributed by atoms with Gasteiger partial charge in [-0.2, -0.15) is 0 Å². The fourth-order valence-electron chi connectivity index (χ4n) is 5.53. The predicted octanol–water partition coefficient (Wildman–Crippen LogP) is 4.29. The Morgan fingerprint density at radius 3 is 2.43 bits per heavy atom. The third-order valence-corrected chi connectivity index (χ3v) is 7.71. The lowest BCUT2D eigenvalue weighted by Gasteiger charge is -2.36. The summed E-state index contributed by atoms with van der Waals surface area (Å²) in [5.41, 5.74) is 0.560. The largest absolute Gasteiger partial charge is 0.466 e. The van der Waals surface area contributed by atoms with E-state index in [1.807, 2.05) is 32.9 Å². The minimum atomic E-state index is -0.856. The van der Waals surface area contributed by atoms with Crippen LogP contribution in [0.5, 0.6) is 0 Å². The van der Waals surface area contributed by atoms with Crippen molar-refractivity contribution in [3.8, 4) is 0 Å². The Kier molecular flexibility index (Phi) is 9.36. The van der Waals surface area contributed by atoms with Gasteiger partial charge in [0.05, 0.1) is 31.1 Å². The molecule has 2 N–H and O–H groups in total. The zero-order valence-electron chi connectivity index (χ0n) is 20.9. The number of amides is 2. The molecule has 1 heterocycles. The first-order valence-electron chi connectivity index (χ1n) is 12.6. The number of hydrogen-bond donors (Lipinski definition) is 2. The maximum Gasteiger partial charge on any atom is 0.310 e. The topological polar surface area (TPSA) is 95.9 Å². The maximum absolute atomic E-state index is 14.0. The molecule has 0 aromatic heterocycles. The van der Waals surface area contributed by atoms with Crippen LogP contribution in [0.15, 0.2) is 36.4 Å². The number of carbonyl (C=O) groups is 3. The van der Waals surface area contributed by atoms with Gasteiger partial charge in [-0.05, 0) is 49.4 Å². The number of esters is 1. The van der Waals surface area contributed by atoms with E-state index in [4.69, 9.17) is 16.3 Å². The van der Waals surface area contributed by atoms with Crippen LogP contribution in [0.4, 0.5) is 5.69 Å². The highest BCUT2D eigenvalue weighted by Crippen LogP contribution is 2.47. The zero-order valence-corrected chi connectivity index (χ0v) is 21.7. The summed E-state index contributed by atoms with van der Waals surface area (Å²) in [5, 5.41) is 13.8. The lowest BCUT2D eigenvalue weighted by molar-refractivity contribution is -0.156. The second kappa shape index (κ2) is 12.0. The fourth-order valence-corrected chi connectivity index (χ4v) is 5.66. The van der Waals surface area contributed by atoms with Gasteiger partial charge in [-0.15, -0.1) is 0 Å². The first kappa shape index (κ1) is 27.2. The minimum absolute atomic E-state index is 0.0357. The molecule has 0 unspecified atom stereocenters. The molecule has 2 amide bonds. The quantitative estimate of drug-likeness (QED) is 0.366. The van der Waals surface area contributed by atoms with Gasteiger partial charge in [0.1, 0.15) is 6.04 Å². The van der Waals surface area contributed by atoms with Crippen LogP contribution in [0.2, 0.25) is 5.02 Å². The van der Waals surface area contributed by atoms with Gasteiger partial charge in [0, 0.05) is 16.6 Å². The minimum Gasteiger partial charge on any atom is -0.466 e. The maximum atomic E-state index is 14.0. The van der Waals surface area contributed by atoms with Crippen LogP contribution in [0.25, 0.3) is 0 Å². The molecule has 1 aromatic rings. The number of nitrogens with zero attached hydrogens (tertiary/aromatic N) is 1. The van der Waals surface area contributed by atoms with Gasteiger partial charge in [-0.25, -0.2) is 0 Å². The summed E-state index contributed by atoms with van der Waals surface area (Å²) in [7, 11) is 0. The van der Waals surface area contributed by atoms with Crippen molar-refractivity contribution < 1.29 is 24.2 Å². The first-order chi connectivity index (χ1) is 16.8. The summed E-state index contributed by atoms with van der Waals surface area (Å²) >= 11 is 5.98. The van der Waals surface area contributed by atoms with Crippen LogP contribution >= 0.6 is 11.6 Å². The number of hydrogen-bond acceptors (Lipinski definition) is 5. The van der Waals surface area contributed by atoms with Crippen LogP contribution in [-0.4, -0.2) is 53.1 Å². The number of fused-ring (bicyclic) bond motifs is 1. The highest BCUT2D eigenvalue weighted by Gasteiger charge is 2.59. The van der Waals surface area contributed by atoms with Gasteiger partial charge in [-0.3, -0.25) is 14.4 Å². The average Bonchev–Trinajstić information content (AvgIpc) is 3.13. The van der Waals surface area contributed by atoms with Gasteiger partial charge in [0.2, 0.25) is 11.8 Å². The molecule has 0 spiro atoms. The van der Waals surface area contributed by atoms with E-state index < -0.39 is 35.8 Å². The molecule has 35 heavy (non-hydrogen) atoms. The van der Waals surface area contributed by atoms with Crippen LogP contribution in [0.3, 0.4) is 0 Å². The highest BCUT2D eigenvalue weighted by atomic mass is 35.5. The molecule has 1 aromatic carbocycles. The predicted molar refractivity (Wildman–Crippen MR) is 136 cm³/mol. The van der Waals surface area contributed by atoms with E-state index in [0.717, 1.165) is 19.3 Å². The number of benzene rings is 1. The van der Waals surface area contributed by atoms with Crippen molar-refractivity contribution in [1.29, 1.82) is 0 Å². The third-order valence-electron chi connectivity index (χ3n) is 7.45. The molecule has 0 bridgehead atoms. The van der Waals surface area contributed by atoms with Gasteiger partial charge in [0.25, 0.3) is 0 Å². The Morgan fingerprint density at radius 1 is 1.17 bits per heavy atom. The number of likely N-dealkylation sites (tertiary alicyclic amines) is 1. The molecule has 7 atom stereocenters. The van der Waals surface area contributed by atoms with E-state index in [1.54, 1.807) is 36.1 Å². The normalized spacial score (nSPS) is 27.3. The van der Waals surface area contributed by atoms with E-state index in [1.165, 1.54) is 0 Å². The monoisotopic (exact) mass is 504 g/mol. The van der Waals surface area contributed by atoms with Crippen LogP contribution in [0, 0.1) is 29.6 Å². The Balaban J connectivity index is 2.06. The van der Waals surface area contributed by atoms with Gasteiger partial charge in [0.15, 0.2) is 0 Å². The number of aliphatic hydroxyl groups excluding tert-OH is 1. The van der Waals surface area contributed by atoms with Crippen molar-refractivity contribution in [2.24, 2.45) is 29.6 Å². The molecule has 1 saturated heterocycles. The summed E-state index contributed by atoms with van der Waals surface area (Å²) in [6.07, 6.45) is 6.23. The molecule has 0 saturated carbocycles. The number of halogens is 1. The number of anilines is 1. The van der Waals surface area contributed by atoms with Crippen molar-refractivity contribution in [1.82, 2.24) is 4.90 Å². The highest BCUT2D eigenvalue weighted by molar-refractivity contribution is 6.30. The Bertz CT molecular complexity index is 934. The van der Waals surface area contributed by atoms with Crippen molar-refractivity contribution in [2.75, 3.05) is 18.5 Å². The lowest BCUT2D eigenvalue weighted by atomic mass is 9.69. The second-order valence-electron chi connectivity index (χ2n) is 9.54. The van der Waals surface area contributed by atoms with Crippen LogP contribution in [0.1, 0.15) is 47.0 Å². The lowest BCUT2D eigenvalue weighted by Crippen LogP contribution is -2.52. The van der Waals surface area contributed by atoms with Crippen molar-refractivity contribution in [2.45, 2.75) is 59.0 Å². The van der Waals surface area contributed by atoms with Gasteiger partial charge < -0.3 is 20.1 Å². The molecule has 192 valence electrons. The number of carbonyl (C=O) groups excluding carboxylic acids is 3. The fraction of sp³-hybridized carbons (Fsp3) is 0.593. The number of allylic oxidation sites excluding steroid dienone is 1. The molecular weight excluding hydrogens is 468 g/mol. The summed E-state index contributed by atoms with van der Waals surface area (Å²) in [6.45, 7) is 7.69. The van der Waals surface area contributed by atoms with Crippen molar-refractivity contribution in [3.63, 3.8) is 0 Å². The smallest absolute Gasteiger partial charge is 0.310 e. The van der Waals surface area contributed by atoms with E-state index in [2.05, 4.69) is 5.32 Å². The molecule has 8 heteroatoms. The summed E-state index contributed by atoms with van der Waals surface area (Å²) < 4.78 is 5.40. The zero-order chi connectivity index (χ0) is 25.7. The standard InChI is InChI=1S/C27H37ClN2O5/c1-5-8-17-9-14-20-23(22(17)27(34)35-7-3)26(33)30(21(15-31)16(4)6-2)24(20)25(32)29-19-12-10-18(28)11-13-19/h9-14,16-17,20-24,31H,5-8,15H2,1-4H3,(H,29,32)/t16-,17+,20-,21-,22+,23-,24-/m0/s1. The summed E-state index contributed by atoms with van der Waals surface area (Å²) in [4.78, 5) is 42.4. The van der Waals surface area contributed by atoms with Crippen LogP contribution < -0.4 is 5.32 Å². The third kappa shape index (κ3) is 5.56. The van der Waals surface area contributed by atoms with E-state index in [9.17, 15) is 19.5 Å². The molecule has 2 aliphatic rings. The molecular formula is C27H37ClN2O5. The Morgan fingerprint density at radius 2 is 1.86 bits per heavy atom. The summed E-state index contributed by atoms with van der Waals surface area (Å²) in [6, 6.07) is 5.36. The van der Waals surface area contributed by atoms with Gasteiger partial charge in [-0.1, -0.05) is 57.4 Å². The molecule has 1 aliphatic carbocycles. The SMILES string of the molecule is CCC[C@@H]1C=C[C@H]2[C@H](C(=O)N([C@@H](CO)[C@@H](C)CC)[C@@H]2C(=O)Nc2ccc(Cl)cc2)[C@@H]1C(=O)OCC. The Hall–Kier alpha value is -2.38. The molecule has 1 fully saturated rings. The first-order valence-corrected chi connectivity index (χ1v) is 13.0. The summed E-state index contributed by atoms with van der Waals surface area (Å²) in [5.74, 6) is -3.08. The Labute approximate surface area is 212 Å². The molecule has 0 radical (unpaired) electrons. The molecule has 3 rings (SSSR count). The number of rotatable bonds is 10. The molecule has 7 nitrogen and oxygen atoms in total. The van der Waals surface area contributed by atoms with Crippen molar-refractivity contribution >= 4 is 35.1 Å². The van der Waals surface area contributed by atoms with Gasteiger partial charge >= 0.3 is 5.97 Å². The van der Waals surface area contributed by atoms with Crippen molar-refractivity contribution in [3.05, 3.63) is 41.4 Å². The van der Waals surface area contributed by atoms with Crippen LogP contribution in [-0.2, 0) is 19.1 Å². The number of nitrogens with one attached hydrogen (secondary N) is 1. The number of ether oxygens (including phenoxy) is 1. The number of aliphatic hydroxyl groups is 1.